The Labute approximate surface area is 158 Å². The molecule has 3 aliphatic heterocycles. The van der Waals surface area contributed by atoms with Crippen LogP contribution in [0.4, 0.5) is 4.39 Å². The first-order valence-corrected chi connectivity index (χ1v) is 9.53. The molecule has 3 aliphatic rings. The SMILES string of the molecule is Cc1ccc(F)c2oc(CN3CC4CC(C3)N4CC(=O)NC(C)(C)C)nc12. The van der Waals surface area contributed by atoms with Crippen LogP contribution in [0, 0.1) is 12.7 Å². The number of aryl methyl sites for hydroxylation is 1. The van der Waals surface area contributed by atoms with Gasteiger partial charge >= 0.3 is 0 Å². The summed E-state index contributed by atoms with van der Waals surface area (Å²) in [4.78, 5) is 21.3. The highest BCUT2D eigenvalue weighted by molar-refractivity contribution is 5.79. The van der Waals surface area contributed by atoms with Gasteiger partial charge in [0.1, 0.15) is 5.52 Å². The van der Waals surface area contributed by atoms with Crippen LogP contribution < -0.4 is 5.32 Å². The van der Waals surface area contributed by atoms with Gasteiger partial charge in [-0.1, -0.05) is 6.07 Å². The summed E-state index contributed by atoms with van der Waals surface area (Å²) in [5.41, 5.74) is 1.56. The molecular formula is C20H27FN4O2. The lowest BCUT2D eigenvalue weighted by Crippen LogP contribution is -2.69. The molecule has 1 N–H and O–H groups in total. The van der Waals surface area contributed by atoms with Crippen molar-refractivity contribution in [2.24, 2.45) is 0 Å². The van der Waals surface area contributed by atoms with Crippen molar-refractivity contribution in [3.8, 4) is 0 Å². The first-order valence-electron chi connectivity index (χ1n) is 9.53. The van der Waals surface area contributed by atoms with Crippen LogP contribution in [-0.2, 0) is 11.3 Å². The number of oxazole rings is 1. The molecule has 2 bridgehead atoms. The van der Waals surface area contributed by atoms with E-state index in [1.54, 1.807) is 6.07 Å². The number of carbonyl (C=O) groups is 1. The molecule has 0 spiro atoms. The maximum atomic E-state index is 13.9. The maximum Gasteiger partial charge on any atom is 0.234 e. The van der Waals surface area contributed by atoms with Gasteiger partial charge in [-0.15, -0.1) is 0 Å². The lowest BCUT2D eigenvalue weighted by molar-refractivity contribution is -0.132. The monoisotopic (exact) mass is 374 g/mol. The summed E-state index contributed by atoms with van der Waals surface area (Å²) in [6, 6.07) is 3.92. The number of aromatic nitrogens is 1. The average Bonchev–Trinajstić information content (AvgIpc) is 3.00. The molecule has 4 heterocycles. The Morgan fingerprint density at radius 2 is 2.04 bits per heavy atom. The van der Waals surface area contributed by atoms with Crippen LogP contribution in [0.15, 0.2) is 16.5 Å². The highest BCUT2D eigenvalue weighted by atomic mass is 19.1. The van der Waals surface area contributed by atoms with Crippen molar-refractivity contribution >= 4 is 17.0 Å². The summed E-state index contributed by atoms with van der Waals surface area (Å²) < 4.78 is 19.6. The van der Waals surface area contributed by atoms with E-state index < -0.39 is 0 Å². The lowest BCUT2D eigenvalue weighted by atomic mass is 9.87. The standard InChI is InChI=1S/C20H27FN4O2/c1-12-5-6-15(21)19-18(12)22-17(27-19)11-24-8-13-7-14(9-24)25(13)10-16(26)23-20(2,3)4/h5-6,13-14H,7-11H2,1-4H3,(H,23,26). The predicted molar refractivity (Wildman–Crippen MR) is 101 cm³/mol. The van der Waals surface area contributed by atoms with E-state index in [0.29, 0.717) is 36.6 Å². The summed E-state index contributed by atoms with van der Waals surface area (Å²) in [6.07, 6.45) is 1.13. The quantitative estimate of drug-likeness (QED) is 0.891. The van der Waals surface area contributed by atoms with Crippen LogP contribution in [0.25, 0.3) is 11.1 Å². The van der Waals surface area contributed by atoms with Crippen molar-refractivity contribution in [1.82, 2.24) is 20.1 Å². The minimum absolute atomic E-state index is 0.0792. The summed E-state index contributed by atoms with van der Waals surface area (Å²) >= 11 is 0. The normalized spacial score (nSPS) is 23.4. The molecule has 0 saturated carbocycles. The molecular weight excluding hydrogens is 347 g/mol. The zero-order chi connectivity index (χ0) is 19.3. The third-order valence-electron chi connectivity index (χ3n) is 5.36. The Hall–Kier alpha value is -1.99. The maximum absolute atomic E-state index is 13.9. The van der Waals surface area contributed by atoms with E-state index in [-0.39, 0.29) is 22.8 Å². The van der Waals surface area contributed by atoms with Gasteiger partial charge in [-0.05, 0) is 45.7 Å². The number of hydrogen-bond acceptors (Lipinski definition) is 5. The van der Waals surface area contributed by atoms with Crippen molar-refractivity contribution in [2.75, 3.05) is 19.6 Å². The van der Waals surface area contributed by atoms with Crippen molar-refractivity contribution < 1.29 is 13.6 Å². The molecule has 1 aromatic heterocycles. The average molecular weight is 374 g/mol. The van der Waals surface area contributed by atoms with E-state index in [9.17, 15) is 9.18 Å². The largest absolute Gasteiger partial charge is 0.436 e. The number of nitrogens with zero attached hydrogens (tertiary/aromatic N) is 3. The zero-order valence-corrected chi connectivity index (χ0v) is 16.4. The molecule has 2 atom stereocenters. The van der Waals surface area contributed by atoms with Crippen LogP contribution in [0.3, 0.4) is 0 Å². The lowest BCUT2D eigenvalue weighted by Gasteiger charge is -2.56. The van der Waals surface area contributed by atoms with Gasteiger partial charge in [0.15, 0.2) is 11.4 Å². The topological polar surface area (TPSA) is 61.6 Å². The van der Waals surface area contributed by atoms with Crippen LogP contribution in [-0.4, -0.2) is 57.9 Å². The van der Waals surface area contributed by atoms with Gasteiger partial charge < -0.3 is 9.73 Å². The highest BCUT2D eigenvalue weighted by Crippen LogP contribution is 2.33. The number of piperazine rings is 1. The number of halogens is 1. The van der Waals surface area contributed by atoms with Crippen LogP contribution in [0.2, 0.25) is 0 Å². The molecule has 6 nitrogen and oxygen atoms in total. The number of rotatable bonds is 4. The Kier molecular flexibility index (Phi) is 4.47. The first kappa shape index (κ1) is 18.4. The van der Waals surface area contributed by atoms with E-state index in [1.165, 1.54) is 6.07 Å². The fraction of sp³-hybridized carbons (Fsp3) is 0.600. The molecule has 1 aromatic carbocycles. The summed E-state index contributed by atoms with van der Waals surface area (Å²) in [5, 5.41) is 3.03. The van der Waals surface area contributed by atoms with Gasteiger partial charge in [0.05, 0.1) is 13.1 Å². The molecule has 27 heavy (non-hydrogen) atoms. The van der Waals surface area contributed by atoms with E-state index in [1.807, 2.05) is 27.7 Å². The van der Waals surface area contributed by atoms with Gasteiger partial charge in [0, 0.05) is 30.7 Å². The van der Waals surface area contributed by atoms with Gasteiger partial charge in [-0.2, -0.15) is 0 Å². The van der Waals surface area contributed by atoms with Crippen LogP contribution in [0.1, 0.15) is 38.6 Å². The minimum atomic E-state index is -0.369. The number of carbonyl (C=O) groups excluding carboxylic acids is 1. The molecule has 0 radical (unpaired) electrons. The number of fused-ring (bicyclic) bond motifs is 3. The van der Waals surface area contributed by atoms with E-state index in [0.717, 1.165) is 25.1 Å². The number of nitrogens with one attached hydrogen (secondary N) is 1. The second-order valence-electron chi connectivity index (χ2n) is 8.86. The van der Waals surface area contributed by atoms with Crippen molar-refractivity contribution in [2.45, 2.75) is 58.3 Å². The number of hydrogen-bond donors (Lipinski definition) is 1. The summed E-state index contributed by atoms with van der Waals surface area (Å²) in [7, 11) is 0. The van der Waals surface area contributed by atoms with Crippen molar-refractivity contribution in [3.63, 3.8) is 0 Å². The van der Waals surface area contributed by atoms with Crippen molar-refractivity contribution in [3.05, 3.63) is 29.4 Å². The fourth-order valence-electron chi connectivity index (χ4n) is 4.19. The molecule has 0 aliphatic carbocycles. The smallest absolute Gasteiger partial charge is 0.234 e. The second-order valence-corrected chi connectivity index (χ2v) is 8.86. The van der Waals surface area contributed by atoms with E-state index in [4.69, 9.17) is 4.42 Å². The fourth-order valence-corrected chi connectivity index (χ4v) is 4.19. The van der Waals surface area contributed by atoms with E-state index in [2.05, 4.69) is 20.1 Å². The van der Waals surface area contributed by atoms with Gasteiger partial charge in [-0.3, -0.25) is 14.6 Å². The van der Waals surface area contributed by atoms with Gasteiger partial charge in [0.25, 0.3) is 0 Å². The number of piperidine rings is 1. The molecule has 146 valence electrons. The number of amides is 1. The Balaban J connectivity index is 1.37. The van der Waals surface area contributed by atoms with E-state index >= 15 is 0 Å². The molecule has 3 fully saturated rings. The van der Waals surface area contributed by atoms with Crippen LogP contribution in [0.5, 0.6) is 0 Å². The molecule has 5 rings (SSSR count). The molecule has 1 amide bonds. The molecule has 2 unspecified atom stereocenters. The summed E-state index contributed by atoms with van der Waals surface area (Å²) in [6.45, 7) is 10.7. The second kappa shape index (κ2) is 6.56. The van der Waals surface area contributed by atoms with Crippen molar-refractivity contribution in [1.29, 1.82) is 0 Å². The molecule has 3 saturated heterocycles. The van der Waals surface area contributed by atoms with Crippen LogP contribution >= 0.6 is 0 Å². The van der Waals surface area contributed by atoms with Gasteiger partial charge in [-0.25, -0.2) is 9.37 Å². The summed E-state index contributed by atoms with van der Waals surface area (Å²) in [5.74, 6) is 0.263. The molecule has 7 heteroatoms. The first-order chi connectivity index (χ1) is 12.7. The van der Waals surface area contributed by atoms with Gasteiger partial charge in [0.2, 0.25) is 11.8 Å². The Morgan fingerprint density at radius 3 is 2.67 bits per heavy atom. The third kappa shape index (κ3) is 3.71. The zero-order valence-electron chi connectivity index (χ0n) is 16.4. The number of benzene rings is 1. The molecule has 2 aromatic rings. The Bertz CT molecular complexity index is 822. The Morgan fingerprint density at radius 1 is 1.33 bits per heavy atom. The minimum Gasteiger partial charge on any atom is -0.436 e. The third-order valence-corrected chi connectivity index (χ3v) is 5.36. The predicted octanol–water partition coefficient (Wildman–Crippen LogP) is 2.45. The highest BCUT2D eigenvalue weighted by Gasteiger charge is 2.45.